The van der Waals surface area contributed by atoms with E-state index in [9.17, 15) is 18.0 Å². The van der Waals surface area contributed by atoms with E-state index in [4.69, 9.17) is 10.5 Å². The standard InChI is InChI=1S/C16H23F3N2O2/c1-14(2,3)23-13(22)21-10-15(4,9-20)11-6-5-7-12(8-11)16(17,18)19/h5-8H,9-10,20H2,1-4H3,(H,21,22). The Morgan fingerprint density at radius 1 is 1.17 bits per heavy atom. The molecule has 0 heterocycles. The van der Waals surface area contributed by atoms with Crippen LogP contribution in [-0.2, 0) is 16.3 Å². The summed E-state index contributed by atoms with van der Waals surface area (Å²) in [6.45, 7) is 7.01. The Balaban J connectivity index is 2.91. The number of halogens is 3. The van der Waals surface area contributed by atoms with Crippen molar-refractivity contribution in [3.05, 3.63) is 35.4 Å². The number of nitrogens with two attached hydrogens (primary N) is 1. The maximum absolute atomic E-state index is 12.8. The number of benzene rings is 1. The second-order valence-corrected chi connectivity index (χ2v) is 6.70. The predicted octanol–water partition coefficient (Wildman–Crippen LogP) is 3.45. The van der Waals surface area contributed by atoms with Crippen LogP contribution in [0.15, 0.2) is 24.3 Å². The van der Waals surface area contributed by atoms with Crippen molar-refractivity contribution in [1.82, 2.24) is 5.32 Å². The number of rotatable bonds is 4. The molecule has 7 heteroatoms. The monoisotopic (exact) mass is 332 g/mol. The Labute approximate surface area is 134 Å². The molecule has 0 aliphatic rings. The van der Waals surface area contributed by atoms with Gasteiger partial charge in [-0.1, -0.05) is 25.1 Å². The molecule has 23 heavy (non-hydrogen) atoms. The zero-order valence-electron chi connectivity index (χ0n) is 13.8. The first-order valence-electron chi connectivity index (χ1n) is 7.22. The number of amides is 1. The molecule has 0 bridgehead atoms. The van der Waals surface area contributed by atoms with Crippen LogP contribution in [0.2, 0.25) is 0 Å². The fraction of sp³-hybridized carbons (Fsp3) is 0.562. The molecule has 1 atom stereocenters. The first kappa shape index (κ1) is 19.3. The lowest BCUT2D eigenvalue weighted by Gasteiger charge is -2.30. The average Bonchev–Trinajstić information content (AvgIpc) is 2.42. The van der Waals surface area contributed by atoms with Crippen LogP contribution in [0.1, 0.15) is 38.8 Å². The molecule has 0 radical (unpaired) electrons. The van der Waals surface area contributed by atoms with Crippen molar-refractivity contribution in [2.45, 2.75) is 44.9 Å². The van der Waals surface area contributed by atoms with Gasteiger partial charge in [0.2, 0.25) is 0 Å². The topological polar surface area (TPSA) is 64.3 Å². The molecule has 1 aromatic carbocycles. The van der Waals surface area contributed by atoms with E-state index in [-0.39, 0.29) is 13.1 Å². The molecular weight excluding hydrogens is 309 g/mol. The minimum atomic E-state index is -4.43. The van der Waals surface area contributed by atoms with Gasteiger partial charge in [-0.05, 0) is 32.4 Å². The smallest absolute Gasteiger partial charge is 0.416 e. The van der Waals surface area contributed by atoms with Crippen molar-refractivity contribution in [2.75, 3.05) is 13.1 Å². The van der Waals surface area contributed by atoms with Crippen molar-refractivity contribution in [3.8, 4) is 0 Å². The molecule has 0 saturated carbocycles. The van der Waals surface area contributed by atoms with Crippen LogP contribution in [0.25, 0.3) is 0 Å². The molecule has 0 spiro atoms. The van der Waals surface area contributed by atoms with Gasteiger partial charge in [-0.3, -0.25) is 0 Å². The second kappa shape index (κ2) is 6.78. The van der Waals surface area contributed by atoms with Crippen molar-refractivity contribution < 1.29 is 22.7 Å². The van der Waals surface area contributed by atoms with Gasteiger partial charge in [-0.15, -0.1) is 0 Å². The highest BCUT2D eigenvalue weighted by Crippen LogP contribution is 2.32. The highest BCUT2D eigenvalue weighted by Gasteiger charge is 2.33. The number of carbonyl (C=O) groups is 1. The van der Waals surface area contributed by atoms with E-state index in [1.54, 1.807) is 33.8 Å². The largest absolute Gasteiger partial charge is 0.444 e. The summed E-state index contributed by atoms with van der Waals surface area (Å²) in [5, 5.41) is 2.57. The first-order valence-corrected chi connectivity index (χ1v) is 7.22. The minimum absolute atomic E-state index is 0.0692. The molecule has 1 aromatic rings. The maximum Gasteiger partial charge on any atom is 0.416 e. The Morgan fingerprint density at radius 2 is 1.74 bits per heavy atom. The van der Waals surface area contributed by atoms with Crippen LogP contribution in [0.3, 0.4) is 0 Å². The third-order valence-electron chi connectivity index (χ3n) is 3.36. The maximum atomic E-state index is 12.8. The molecule has 1 rings (SSSR count). The molecule has 4 nitrogen and oxygen atoms in total. The lowest BCUT2D eigenvalue weighted by atomic mass is 9.81. The van der Waals surface area contributed by atoms with Crippen LogP contribution in [0.5, 0.6) is 0 Å². The first-order chi connectivity index (χ1) is 10.4. The van der Waals surface area contributed by atoms with Crippen molar-refractivity contribution >= 4 is 6.09 Å². The normalized spacial score (nSPS) is 15.0. The van der Waals surface area contributed by atoms with Gasteiger partial charge in [-0.2, -0.15) is 13.2 Å². The molecule has 1 unspecified atom stereocenters. The van der Waals surface area contributed by atoms with Gasteiger partial charge in [0.25, 0.3) is 0 Å². The summed E-state index contributed by atoms with van der Waals surface area (Å²) in [4.78, 5) is 11.7. The molecule has 0 aromatic heterocycles. The minimum Gasteiger partial charge on any atom is -0.444 e. The zero-order valence-corrected chi connectivity index (χ0v) is 13.8. The van der Waals surface area contributed by atoms with Gasteiger partial charge in [-0.25, -0.2) is 4.79 Å². The second-order valence-electron chi connectivity index (χ2n) is 6.70. The van der Waals surface area contributed by atoms with E-state index in [2.05, 4.69) is 5.32 Å². The molecule has 0 fully saturated rings. The fourth-order valence-corrected chi connectivity index (χ4v) is 1.94. The van der Waals surface area contributed by atoms with Gasteiger partial charge in [0.15, 0.2) is 0 Å². The number of carbonyl (C=O) groups excluding carboxylic acids is 1. The molecule has 3 N–H and O–H groups in total. The van der Waals surface area contributed by atoms with Crippen molar-refractivity contribution in [2.24, 2.45) is 5.73 Å². The molecule has 0 aliphatic carbocycles. The van der Waals surface area contributed by atoms with Gasteiger partial charge in [0, 0.05) is 18.5 Å². The number of ether oxygens (including phenoxy) is 1. The van der Waals surface area contributed by atoms with Crippen LogP contribution in [-0.4, -0.2) is 24.8 Å². The van der Waals surface area contributed by atoms with Gasteiger partial charge in [0.1, 0.15) is 5.60 Å². The zero-order chi connectivity index (χ0) is 17.9. The molecule has 0 aliphatic heterocycles. The van der Waals surface area contributed by atoms with Gasteiger partial charge in [0.05, 0.1) is 5.56 Å². The summed E-state index contributed by atoms with van der Waals surface area (Å²) in [6.07, 6.45) is -5.06. The highest BCUT2D eigenvalue weighted by molar-refractivity contribution is 5.67. The average molecular weight is 332 g/mol. The lowest BCUT2D eigenvalue weighted by molar-refractivity contribution is -0.137. The van der Waals surface area contributed by atoms with Crippen LogP contribution >= 0.6 is 0 Å². The summed E-state index contributed by atoms with van der Waals surface area (Å²) in [7, 11) is 0. The predicted molar refractivity (Wildman–Crippen MR) is 82.1 cm³/mol. The number of hydrogen-bond donors (Lipinski definition) is 2. The van der Waals surface area contributed by atoms with Gasteiger partial charge >= 0.3 is 12.3 Å². The molecule has 130 valence electrons. The quantitative estimate of drug-likeness (QED) is 0.888. The molecule has 1 amide bonds. The van der Waals surface area contributed by atoms with E-state index >= 15 is 0 Å². The van der Waals surface area contributed by atoms with E-state index in [0.29, 0.717) is 5.56 Å². The lowest BCUT2D eigenvalue weighted by Crippen LogP contribution is -2.45. The van der Waals surface area contributed by atoms with Crippen LogP contribution < -0.4 is 11.1 Å². The third-order valence-corrected chi connectivity index (χ3v) is 3.36. The van der Waals surface area contributed by atoms with E-state index in [1.165, 1.54) is 6.07 Å². The molecule has 0 saturated heterocycles. The summed E-state index contributed by atoms with van der Waals surface area (Å²) in [6, 6.07) is 4.96. The Hall–Kier alpha value is -1.76. The van der Waals surface area contributed by atoms with E-state index in [0.717, 1.165) is 12.1 Å². The summed E-state index contributed by atoms with van der Waals surface area (Å²) >= 11 is 0. The van der Waals surface area contributed by atoms with Gasteiger partial charge < -0.3 is 15.8 Å². The summed E-state index contributed by atoms with van der Waals surface area (Å²) in [5.74, 6) is 0. The fourth-order valence-electron chi connectivity index (χ4n) is 1.94. The summed E-state index contributed by atoms with van der Waals surface area (Å²) < 4.78 is 43.6. The third kappa shape index (κ3) is 5.74. The Bertz CT molecular complexity index is 553. The number of nitrogens with one attached hydrogen (secondary N) is 1. The van der Waals surface area contributed by atoms with Crippen LogP contribution in [0, 0.1) is 0 Å². The number of alkyl carbamates (subject to hydrolysis) is 1. The van der Waals surface area contributed by atoms with Crippen molar-refractivity contribution in [1.29, 1.82) is 0 Å². The van der Waals surface area contributed by atoms with Crippen molar-refractivity contribution in [3.63, 3.8) is 0 Å². The Kier molecular flexibility index (Phi) is 5.69. The van der Waals surface area contributed by atoms with Crippen LogP contribution in [0.4, 0.5) is 18.0 Å². The van der Waals surface area contributed by atoms with E-state index < -0.39 is 28.8 Å². The SMILES string of the molecule is CC(C)(C)OC(=O)NCC(C)(CN)c1cccc(C(F)(F)F)c1. The summed E-state index contributed by atoms with van der Waals surface area (Å²) in [5.41, 5.74) is 3.91. The molecular formula is C16H23F3N2O2. The number of hydrogen-bond acceptors (Lipinski definition) is 3. The van der Waals surface area contributed by atoms with E-state index in [1.807, 2.05) is 0 Å². The highest BCUT2D eigenvalue weighted by atomic mass is 19.4. The number of alkyl halides is 3. The Morgan fingerprint density at radius 3 is 2.22 bits per heavy atom.